The molecule has 10 heteroatoms. The van der Waals surface area contributed by atoms with E-state index in [0.717, 1.165) is 12.3 Å². The van der Waals surface area contributed by atoms with E-state index in [2.05, 4.69) is 5.32 Å². The molecule has 0 spiro atoms. The lowest BCUT2D eigenvalue weighted by molar-refractivity contribution is -0.140. The highest BCUT2D eigenvalue weighted by Crippen LogP contribution is 2.32. The monoisotopic (exact) mass is 368 g/mol. The van der Waals surface area contributed by atoms with Crippen LogP contribution in [-0.4, -0.2) is 38.0 Å². The summed E-state index contributed by atoms with van der Waals surface area (Å²) in [5, 5.41) is 2.34. The van der Waals surface area contributed by atoms with Gasteiger partial charge in [0.2, 0.25) is 15.9 Å². The average molecular weight is 368 g/mol. The molecular weight excluding hydrogens is 352 g/mol. The van der Waals surface area contributed by atoms with Crippen LogP contribution in [0.3, 0.4) is 0 Å². The minimum atomic E-state index is -4.81. The van der Waals surface area contributed by atoms with Crippen molar-refractivity contribution >= 4 is 21.6 Å². The van der Waals surface area contributed by atoms with Crippen molar-refractivity contribution in [3.63, 3.8) is 0 Å². The summed E-state index contributed by atoms with van der Waals surface area (Å²) < 4.78 is 75.2. The molecule has 2 rings (SSSR count). The van der Waals surface area contributed by atoms with Crippen LogP contribution in [0.4, 0.5) is 23.2 Å². The molecule has 5 nitrogen and oxygen atoms in total. The first-order valence-corrected chi connectivity index (χ1v) is 8.96. The number of hydrogen-bond donors (Lipinski definition) is 1. The number of benzene rings is 1. The fraction of sp³-hybridized carbons (Fsp3) is 0.500. The molecule has 1 atom stereocenters. The Bertz CT molecular complexity index is 734. The summed E-state index contributed by atoms with van der Waals surface area (Å²) in [6.07, 6.45) is -2.84. The number of carbonyl (C=O) groups excluding carboxylic acids is 1. The molecule has 0 radical (unpaired) electrons. The molecule has 1 amide bonds. The zero-order valence-electron chi connectivity index (χ0n) is 12.7. The summed E-state index contributed by atoms with van der Waals surface area (Å²) >= 11 is 0. The predicted octanol–water partition coefficient (Wildman–Crippen LogP) is 2.45. The molecule has 24 heavy (non-hydrogen) atoms. The highest BCUT2D eigenvalue weighted by atomic mass is 32.2. The average Bonchev–Trinajstić information content (AvgIpc) is 2.45. The SMILES string of the molecule is CS(=O)(=O)N1CCCC(C(=O)Nc2ccc(C(F)(F)F)c(F)c2)C1. The van der Waals surface area contributed by atoms with E-state index in [-0.39, 0.29) is 12.2 Å². The molecule has 0 aromatic heterocycles. The molecular formula is C14H16F4N2O3S. The molecule has 0 bridgehead atoms. The Kier molecular flexibility index (Phi) is 5.19. The van der Waals surface area contributed by atoms with Crippen LogP contribution in [0.5, 0.6) is 0 Å². The first-order chi connectivity index (χ1) is 11.0. The minimum absolute atomic E-state index is 0.00617. The molecule has 1 saturated heterocycles. The Morgan fingerprint density at radius 2 is 2.00 bits per heavy atom. The van der Waals surface area contributed by atoms with Crippen LogP contribution in [-0.2, 0) is 21.0 Å². The Morgan fingerprint density at radius 1 is 1.33 bits per heavy atom. The highest BCUT2D eigenvalue weighted by Gasteiger charge is 2.34. The molecule has 1 fully saturated rings. The zero-order chi connectivity index (χ0) is 18.1. The van der Waals surface area contributed by atoms with Gasteiger partial charge in [0.15, 0.2) is 0 Å². The van der Waals surface area contributed by atoms with Gasteiger partial charge >= 0.3 is 6.18 Å². The van der Waals surface area contributed by atoms with Crippen molar-refractivity contribution in [3.8, 4) is 0 Å². The highest BCUT2D eigenvalue weighted by molar-refractivity contribution is 7.88. The number of nitrogens with zero attached hydrogens (tertiary/aromatic N) is 1. The van der Waals surface area contributed by atoms with Gasteiger partial charge in [-0.3, -0.25) is 4.79 Å². The summed E-state index contributed by atoms with van der Waals surface area (Å²) in [6, 6.07) is 2.10. The maximum absolute atomic E-state index is 13.5. The van der Waals surface area contributed by atoms with E-state index in [4.69, 9.17) is 0 Å². The fourth-order valence-corrected chi connectivity index (χ4v) is 3.44. The zero-order valence-corrected chi connectivity index (χ0v) is 13.5. The third kappa shape index (κ3) is 4.44. The Hall–Kier alpha value is -1.68. The molecule has 1 heterocycles. The first kappa shape index (κ1) is 18.7. The second kappa shape index (κ2) is 6.67. The van der Waals surface area contributed by atoms with Gasteiger partial charge in [0.1, 0.15) is 5.82 Å². The second-order valence-electron chi connectivity index (χ2n) is 5.64. The second-order valence-corrected chi connectivity index (χ2v) is 7.62. The van der Waals surface area contributed by atoms with Gasteiger partial charge in [0.25, 0.3) is 0 Å². The van der Waals surface area contributed by atoms with Crippen LogP contribution < -0.4 is 5.32 Å². The quantitative estimate of drug-likeness (QED) is 0.834. The molecule has 1 N–H and O–H groups in total. The molecule has 1 unspecified atom stereocenters. The third-order valence-corrected chi connectivity index (χ3v) is 5.04. The maximum atomic E-state index is 13.5. The number of halogens is 4. The van der Waals surface area contributed by atoms with Gasteiger partial charge in [-0.1, -0.05) is 0 Å². The number of piperidine rings is 1. The van der Waals surface area contributed by atoms with E-state index >= 15 is 0 Å². The van der Waals surface area contributed by atoms with Gasteiger partial charge in [-0.25, -0.2) is 17.1 Å². The summed E-state index contributed by atoms with van der Waals surface area (Å²) in [5.74, 6) is -2.68. The van der Waals surface area contributed by atoms with E-state index < -0.39 is 39.4 Å². The van der Waals surface area contributed by atoms with Crippen molar-refractivity contribution in [2.45, 2.75) is 19.0 Å². The van der Waals surface area contributed by atoms with E-state index in [9.17, 15) is 30.8 Å². The Labute approximate surface area is 136 Å². The molecule has 1 aromatic carbocycles. The van der Waals surface area contributed by atoms with E-state index in [1.807, 2.05) is 0 Å². The van der Waals surface area contributed by atoms with Crippen molar-refractivity contribution in [2.75, 3.05) is 24.7 Å². The maximum Gasteiger partial charge on any atom is 0.419 e. The lowest BCUT2D eigenvalue weighted by atomic mass is 9.98. The standard InChI is InChI=1S/C14H16F4N2O3S/c1-24(22,23)20-6-2-3-9(8-20)13(21)19-10-4-5-11(12(15)7-10)14(16,17)18/h4-5,7,9H,2-3,6,8H2,1H3,(H,19,21). The third-order valence-electron chi connectivity index (χ3n) is 3.77. The molecule has 1 aliphatic heterocycles. The smallest absolute Gasteiger partial charge is 0.326 e. The van der Waals surface area contributed by atoms with Gasteiger partial charge in [0.05, 0.1) is 17.7 Å². The van der Waals surface area contributed by atoms with Crippen LogP contribution in [0.1, 0.15) is 18.4 Å². The molecule has 1 aromatic rings. The lowest BCUT2D eigenvalue weighted by Crippen LogP contribution is -2.43. The normalized spacial score (nSPS) is 20.0. The predicted molar refractivity (Wildman–Crippen MR) is 79.2 cm³/mol. The number of amides is 1. The lowest BCUT2D eigenvalue weighted by Gasteiger charge is -2.30. The van der Waals surface area contributed by atoms with Gasteiger partial charge < -0.3 is 5.32 Å². The summed E-state index contributed by atoms with van der Waals surface area (Å²) in [5.41, 5.74) is -1.52. The summed E-state index contributed by atoms with van der Waals surface area (Å²) in [7, 11) is -3.43. The van der Waals surface area contributed by atoms with Crippen molar-refractivity contribution in [1.29, 1.82) is 0 Å². The topological polar surface area (TPSA) is 66.5 Å². The first-order valence-electron chi connectivity index (χ1n) is 7.11. The van der Waals surface area contributed by atoms with E-state index in [0.29, 0.717) is 31.5 Å². The van der Waals surface area contributed by atoms with Crippen molar-refractivity contribution in [2.24, 2.45) is 5.92 Å². The molecule has 134 valence electrons. The largest absolute Gasteiger partial charge is 0.419 e. The van der Waals surface area contributed by atoms with Gasteiger partial charge in [-0.2, -0.15) is 13.2 Å². The molecule has 0 aliphatic carbocycles. The van der Waals surface area contributed by atoms with Gasteiger partial charge in [-0.05, 0) is 31.0 Å². The number of carbonyl (C=O) groups is 1. The van der Waals surface area contributed by atoms with Gasteiger partial charge in [-0.15, -0.1) is 0 Å². The van der Waals surface area contributed by atoms with Crippen molar-refractivity contribution in [1.82, 2.24) is 4.31 Å². The summed E-state index contributed by atoms with van der Waals surface area (Å²) in [6.45, 7) is 0.311. The number of anilines is 1. The van der Waals surface area contributed by atoms with Crippen LogP contribution in [0, 0.1) is 11.7 Å². The number of alkyl halides is 3. The fourth-order valence-electron chi connectivity index (χ4n) is 2.52. The number of hydrogen-bond acceptors (Lipinski definition) is 3. The summed E-state index contributed by atoms with van der Waals surface area (Å²) in [4.78, 5) is 12.2. The number of sulfonamides is 1. The Balaban J connectivity index is 2.08. The van der Waals surface area contributed by atoms with Crippen molar-refractivity contribution in [3.05, 3.63) is 29.6 Å². The molecule has 1 aliphatic rings. The van der Waals surface area contributed by atoms with Gasteiger partial charge in [0, 0.05) is 18.8 Å². The number of nitrogens with one attached hydrogen (secondary N) is 1. The van der Waals surface area contributed by atoms with E-state index in [1.165, 1.54) is 4.31 Å². The number of rotatable bonds is 3. The van der Waals surface area contributed by atoms with Crippen LogP contribution in [0.15, 0.2) is 18.2 Å². The van der Waals surface area contributed by atoms with Crippen molar-refractivity contribution < 1.29 is 30.8 Å². The Morgan fingerprint density at radius 3 is 2.54 bits per heavy atom. The van der Waals surface area contributed by atoms with Crippen LogP contribution >= 0.6 is 0 Å². The van der Waals surface area contributed by atoms with E-state index in [1.54, 1.807) is 0 Å². The molecule has 0 saturated carbocycles. The van der Waals surface area contributed by atoms with Crippen LogP contribution in [0.25, 0.3) is 0 Å². The van der Waals surface area contributed by atoms with Crippen LogP contribution in [0.2, 0.25) is 0 Å². The minimum Gasteiger partial charge on any atom is -0.326 e.